The summed E-state index contributed by atoms with van der Waals surface area (Å²) < 4.78 is 0. The third-order valence-corrected chi connectivity index (χ3v) is 9.11. The van der Waals surface area contributed by atoms with Crippen LogP contribution in [0.1, 0.15) is 58.3 Å². The number of hydrogen-bond acceptors (Lipinski definition) is 4. The van der Waals surface area contributed by atoms with E-state index in [1.807, 2.05) is 0 Å². The summed E-state index contributed by atoms with van der Waals surface area (Å²) in [6.07, 6.45) is 12.6. The highest BCUT2D eigenvalue weighted by Gasteiger charge is 2.56. The molecule has 1 N–H and O–H groups in total. The highest BCUT2D eigenvalue weighted by Crippen LogP contribution is 2.64. The van der Waals surface area contributed by atoms with Crippen LogP contribution in [0.15, 0.2) is 30.1 Å². The Kier molecular flexibility index (Phi) is 5.07. The fraction of sp³-hybridized carbons (Fsp3) is 0.708. The Hall–Kier alpha value is -1.64. The first-order valence-corrected chi connectivity index (χ1v) is 11.7. The van der Waals surface area contributed by atoms with E-state index in [0.717, 1.165) is 37.0 Å². The predicted molar refractivity (Wildman–Crippen MR) is 116 cm³/mol. The van der Waals surface area contributed by atoms with Crippen LogP contribution in [-0.2, 0) is 6.54 Å². The molecule has 6 heteroatoms. The van der Waals surface area contributed by atoms with E-state index in [9.17, 15) is 5.11 Å². The summed E-state index contributed by atoms with van der Waals surface area (Å²) in [6, 6.07) is 0. The molecule has 4 aliphatic carbocycles. The van der Waals surface area contributed by atoms with Crippen molar-refractivity contribution in [3.05, 3.63) is 30.1 Å². The summed E-state index contributed by atoms with van der Waals surface area (Å²) in [5.41, 5.74) is 2.09. The number of aliphatic hydroxyl groups is 1. The fourth-order valence-electron chi connectivity index (χ4n) is 7.71. The lowest BCUT2D eigenvalue weighted by Gasteiger charge is -2.54. The number of halogens is 1. The van der Waals surface area contributed by atoms with E-state index in [0.29, 0.717) is 30.2 Å². The van der Waals surface area contributed by atoms with E-state index < -0.39 is 5.60 Å². The van der Waals surface area contributed by atoms with Crippen molar-refractivity contribution in [2.45, 2.75) is 70.4 Å². The highest BCUT2D eigenvalue weighted by atomic mass is 35.5. The van der Waals surface area contributed by atoms with Crippen LogP contribution in [0.2, 0.25) is 0 Å². The van der Waals surface area contributed by atoms with Crippen LogP contribution < -0.4 is 0 Å². The average Bonchev–Trinajstić information content (AvgIpc) is 3.34. The minimum absolute atomic E-state index is 0.323. The van der Waals surface area contributed by atoms with Gasteiger partial charge < -0.3 is 5.11 Å². The Morgan fingerprint density at radius 2 is 2.17 bits per heavy atom. The zero-order valence-electron chi connectivity index (χ0n) is 17.7. The van der Waals surface area contributed by atoms with Gasteiger partial charge in [0.2, 0.25) is 0 Å². The van der Waals surface area contributed by atoms with E-state index >= 15 is 0 Å². The lowest BCUT2D eigenvalue weighted by atomic mass is 9.51. The van der Waals surface area contributed by atoms with Crippen LogP contribution in [-0.4, -0.2) is 30.9 Å². The van der Waals surface area contributed by atoms with Gasteiger partial charge in [0, 0.05) is 11.8 Å². The van der Waals surface area contributed by atoms with E-state index in [4.69, 9.17) is 11.6 Å². The van der Waals surface area contributed by atoms with Crippen LogP contribution in [0.25, 0.3) is 0 Å². The molecule has 0 unspecified atom stereocenters. The number of rotatable bonds is 3. The van der Waals surface area contributed by atoms with E-state index in [2.05, 4.69) is 46.3 Å². The lowest BCUT2D eigenvalue weighted by molar-refractivity contribution is -0.0205. The standard InChI is InChI=1S/C24H31ClN4O/c1-16(14-29-27-15-26-28-29)21-5-6-22-20-4-3-17-13-24(30,11-12-25)10-8-18(17)19(20)7-9-23(21,22)2/h3,15,18-22,30H,1,4-10,13-14H2,2H3/t18-,19+,20+,21+,22-,23+,24+/m0/s1. The van der Waals surface area contributed by atoms with Crippen LogP contribution >= 0.6 is 11.6 Å². The smallest absolute Gasteiger partial charge is 0.162 e. The molecular weight excluding hydrogens is 396 g/mol. The monoisotopic (exact) mass is 426 g/mol. The molecule has 0 bridgehead atoms. The number of allylic oxidation sites excluding steroid dienone is 2. The molecule has 160 valence electrons. The fourth-order valence-corrected chi connectivity index (χ4v) is 7.89. The Labute approximate surface area is 184 Å². The van der Waals surface area contributed by atoms with Gasteiger partial charge in [0.05, 0.1) is 6.54 Å². The third kappa shape index (κ3) is 3.24. The highest BCUT2D eigenvalue weighted by molar-refractivity contribution is 6.30. The Bertz CT molecular complexity index is 915. The Morgan fingerprint density at radius 3 is 2.93 bits per heavy atom. The van der Waals surface area contributed by atoms with Crippen LogP contribution in [0.3, 0.4) is 0 Å². The first-order valence-electron chi connectivity index (χ1n) is 11.4. The minimum Gasteiger partial charge on any atom is -0.377 e. The molecule has 0 spiro atoms. The van der Waals surface area contributed by atoms with Gasteiger partial charge in [-0.1, -0.05) is 36.6 Å². The van der Waals surface area contributed by atoms with Gasteiger partial charge in [-0.25, -0.2) is 0 Å². The zero-order valence-corrected chi connectivity index (χ0v) is 18.5. The summed E-state index contributed by atoms with van der Waals surface area (Å²) in [7, 11) is 0. The van der Waals surface area contributed by atoms with Crippen LogP contribution in [0.5, 0.6) is 0 Å². The first-order chi connectivity index (χ1) is 14.4. The Morgan fingerprint density at radius 1 is 1.30 bits per heavy atom. The second kappa shape index (κ2) is 7.50. The maximum absolute atomic E-state index is 10.8. The molecule has 0 aliphatic heterocycles. The van der Waals surface area contributed by atoms with Crippen molar-refractivity contribution >= 4 is 11.6 Å². The van der Waals surface area contributed by atoms with Gasteiger partial charge >= 0.3 is 0 Å². The van der Waals surface area contributed by atoms with Gasteiger partial charge in [-0.05, 0) is 96.8 Å². The van der Waals surface area contributed by atoms with Crippen molar-refractivity contribution in [1.29, 1.82) is 0 Å². The molecular formula is C24H31ClN4O. The molecule has 0 aromatic carbocycles. The van der Waals surface area contributed by atoms with Gasteiger partial charge in [0.25, 0.3) is 0 Å². The van der Waals surface area contributed by atoms with Crippen molar-refractivity contribution in [2.75, 3.05) is 0 Å². The molecule has 7 atom stereocenters. The molecule has 30 heavy (non-hydrogen) atoms. The second-order valence-corrected chi connectivity index (χ2v) is 10.5. The maximum Gasteiger partial charge on any atom is 0.162 e. The molecule has 0 amide bonds. The van der Waals surface area contributed by atoms with Crippen molar-refractivity contribution in [1.82, 2.24) is 20.2 Å². The van der Waals surface area contributed by atoms with Gasteiger partial charge in [0.15, 0.2) is 6.33 Å². The topological polar surface area (TPSA) is 63.8 Å². The number of fused-ring (bicyclic) bond motifs is 5. The van der Waals surface area contributed by atoms with Gasteiger partial charge in [-0.15, -0.1) is 10.2 Å². The zero-order chi connectivity index (χ0) is 20.9. The number of tetrazole rings is 1. The van der Waals surface area contributed by atoms with E-state index in [1.54, 1.807) is 4.80 Å². The molecule has 1 aromatic rings. The predicted octanol–water partition coefficient (Wildman–Crippen LogP) is 4.35. The average molecular weight is 427 g/mol. The summed E-state index contributed by atoms with van der Waals surface area (Å²) in [6.45, 7) is 7.65. The minimum atomic E-state index is -0.925. The summed E-state index contributed by atoms with van der Waals surface area (Å²) in [5.74, 6) is 6.26. The molecule has 3 fully saturated rings. The molecule has 3 saturated carbocycles. The van der Waals surface area contributed by atoms with Crippen LogP contribution in [0.4, 0.5) is 0 Å². The van der Waals surface area contributed by atoms with Crippen molar-refractivity contribution in [3.8, 4) is 11.3 Å². The number of hydrogen-bond donors (Lipinski definition) is 1. The number of aromatic nitrogens is 4. The van der Waals surface area contributed by atoms with Gasteiger partial charge in [-0.3, -0.25) is 0 Å². The molecule has 0 radical (unpaired) electrons. The van der Waals surface area contributed by atoms with Crippen molar-refractivity contribution in [3.63, 3.8) is 0 Å². The number of nitrogens with zero attached hydrogens (tertiary/aromatic N) is 4. The summed E-state index contributed by atoms with van der Waals surface area (Å²) in [4.78, 5) is 1.66. The van der Waals surface area contributed by atoms with E-state index in [-0.39, 0.29) is 0 Å². The summed E-state index contributed by atoms with van der Waals surface area (Å²) >= 11 is 5.61. The molecule has 4 aliphatic rings. The first kappa shape index (κ1) is 20.3. The quantitative estimate of drug-likeness (QED) is 0.576. The summed E-state index contributed by atoms with van der Waals surface area (Å²) in [5, 5.41) is 25.2. The van der Waals surface area contributed by atoms with Gasteiger partial charge in [-0.2, -0.15) is 4.80 Å². The largest absolute Gasteiger partial charge is 0.377 e. The maximum atomic E-state index is 10.8. The van der Waals surface area contributed by atoms with E-state index in [1.165, 1.54) is 43.2 Å². The lowest BCUT2D eigenvalue weighted by Crippen LogP contribution is -2.47. The molecule has 1 heterocycles. The van der Waals surface area contributed by atoms with Crippen LogP contribution in [0, 0.1) is 46.3 Å². The van der Waals surface area contributed by atoms with Crippen molar-refractivity contribution in [2.24, 2.45) is 35.0 Å². The molecule has 5 rings (SSSR count). The third-order valence-electron chi connectivity index (χ3n) is 9.01. The van der Waals surface area contributed by atoms with Crippen molar-refractivity contribution < 1.29 is 5.11 Å². The molecule has 1 aromatic heterocycles. The van der Waals surface area contributed by atoms with Gasteiger partial charge in [0.1, 0.15) is 5.60 Å². The Balaban J connectivity index is 1.34. The molecule has 0 saturated heterocycles. The SMILES string of the molecule is C=C(Cn1ncnn1)[C@H]1CC[C@H]2[C@@H]3CC=C4C[C@](O)(C#CCl)CC[C@@H]4[C@H]3CC[C@]12C. The normalized spacial score (nSPS) is 42.2. The second-order valence-electron chi connectivity index (χ2n) is 10.3. The molecule has 5 nitrogen and oxygen atoms in total.